The number of rotatable bonds is 2. The highest BCUT2D eigenvalue weighted by atomic mass is 15.3. The first-order valence-corrected chi connectivity index (χ1v) is 7.04. The van der Waals surface area contributed by atoms with Crippen LogP contribution < -0.4 is 15.5 Å². The van der Waals surface area contributed by atoms with E-state index in [0.717, 1.165) is 43.2 Å². The molecule has 1 saturated heterocycles. The smallest absolute Gasteiger partial charge is 0.128 e. The van der Waals surface area contributed by atoms with Gasteiger partial charge in [-0.2, -0.15) is 0 Å². The topological polar surface area (TPSA) is 45.4 Å². The van der Waals surface area contributed by atoms with Crippen molar-refractivity contribution in [3.8, 4) is 12.3 Å². The highest BCUT2D eigenvalue weighted by molar-refractivity contribution is 5.54. The minimum absolute atomic E-state index is 0.801. The molecule has 0 spiro atoms. The van der Waals surface area contributed by atoms with Crippen molar-refractivity contribution in [1.29, 1.82) is 0 Å². The summed E-state index contributed by atoms with van der Waals surface area (Å²) in [5, 5.41) is 0. The minimum atomic E-state index is 0.801. The number of aromatic nitrogens is 1. The summed E-state index contributed by atoms with van der Waals surface area (Å²) >= 11 is 0. The molecular weight excluding hydrogens is 260 g/mol. The number of piperazine rings is 1. The van der Waals surface area contributed by atoms with Crippen LogP contribution in [-0.4, -0.2) is 31.2 Å². The first kappa shape index (κ1) is 13.3. The first-order valence-electron chi connectivity index (χ1n) is 7.04. The van der Waals surface area contributed by atoms with Gasteiger partial charge in [0.25, 0.3) is 0 Å². The van der Waals surface area contributed by atoms with Crippen LogP contribution in [-0.2, 0) is 0 Å². The van der Waals surface area contributed by atoms with Crippen molar-refractivity contribution in [2.24, 2.45) is 0 Å². The number of nitrogens with two attached hydrogens (primary N) is 1. The lowest BCUT2D eigenvalue weighted by molar-refractivity contribution is 0.647. The summed E-state index contributed by atoms with van der Waals surface area (Å²) in [6.07, 6.45) is 7.10. The van der Waals surface area contributed by atoms with E-state index in [0.29, 0.717) is 0 Å². The third-order valence-electron chi connectivity index (χ3n) is 3.78. The van der Waals surface area contributed by atoms with Crippen LogP contribution in [0.15, 0.2) is 42.6 Å². The quantitative estimate of drug-likeness (QED) is 0.674. The van der Waals surface area contributed by atoms with Gasteiger partial charge in [-0.15, -0.1) is 6.42 Å². The average Bonchev–Trinajstić information content (AvgIpc) is 2.56. The number of terminal acetylenes is 1. The standard InChI is InChI=1S/C17H18N4/c1-2-14-3-8-17(19-13-14)21-11-9-20(10-12-21)16-6-4-15(18)5-7-16/h1,3-8,13H,9-12,18H2. The highest BCUT2D eigenvalue weighted by Gasteiger charge is 2.18. The number of hydrogen-bond acceptors (Lipinski definition) is 4. The van der Waals surface area contributed by atoms with Gasteiger partial charge in [-0.25, -0.2) is 4.98 Å². The van der Waals surface area contributed by atoms with Gasteiger partial charge in [0.1, 0.15) is 5.82 Å². The van der Waals surface area contributed by atoms with E-state index in [1.807, 2.05) is 24.3 Å². The van der Waals surface area contributed by atoms with Gasteiger partial charge in [0, 0.05) is 49.3 Å². The summed E-state index contributed by atoms with van der Waals surface area (Å²) in [4.78, 5) is 9.08. The Bertz CT molecular complexity index is 632. The molecule has 0 bridgehead atoms. The van der Waals surface area contributed by atoms with Crippen molar-refractivity contribution >= 4 is 17.2 Å². The van der Waals surface area contributed by atoms with E-state index in [4.69, 9.17) is 12.2 Å². The zero-order valence-electron chi connectivity index (χ0n) is 11.9. The van der Waals surface area contributed by atoms with Crippen LogP contribution in [0, 0.1) is 12.3 Å². The molecular formula is C17H18N4. The number of benzene rings is 1. The lowest BCUT2D eigenvalue weighted by atomic mass is 10.2. The lowest BCUT2D eigenvalue weighted by Gasteiger charge is -2.36. The molecule has 4 heteroatoms. The van der Waals surface area contributed by atoms with Crippen LogP contribution in [0.5, 0.6) is 0 Å². The highest BCUT2D eigenvalue weighted by Crippen LogP contribution is 2.20. The summed E-state index contributed by atoms with van der Waals surface area (Å²) in [7, 11) is 0. The fourth-order valence-corrected chi connectivity index (χ4v) is 2.54. The molecule has 0 amide bonds. The maximum atomic E-state index is 5.73. The molecule has 2 aromatic rings. The second kappa shape index (κ2) is 5.76. The van der Waals surface area contributed by atoms with Gasteiger partial charge in [0.05, 0.1) is 0 Å². The second-order valence-electron chi connectivity index (χ2n) is 5.12. The van der Waals surface area contributed by atoms with Gasteiger partial charge < -0.3 is 15.5 Å². The van der Waals surface area contributed by atoms with Gasteiger partial charge >= 0.3 is 0 Å². The molecule has 2 heterocycles. The SMILES string of the molecule is C#Cc1ccc(N2CCN(c3ccc(N)cc3)CC2)nc1. The Morgan fingerprint density at radius 1 is 0.952 bits per heavy atom. The van der Waals surface area contributed by atoms with Crippen LogP contribution in [0.3, 0.4) is 0 Å². The number of anilines is 3. The molecule has 106 valence electrons. The van der Waals surface area contributed by atoms with E-state index in [9.17, 15) is 0 Å². The molecule has 0 aliphatic carbocycles. The van der Waals surface area contributed by atoms with Crippen LogP contribution >= 0.6 is 0 Å². The van der Waals surface area contributed by atoms with E-state index in [1.165, 1.54) is 5.69 Å². The van der Waals surface area contributed by atoms with Gasteiger partial charge in [0.15, 0.2) is 0 Å². The fourth-order valence-electron chi connectivity index (χ4n) is 2.54. The summed E-state index contributed by atoms with van der Waals surface area (Å²) in [6.45, 7) is 3.85. The van der Waals surface area contributed by atoms with Crippen LogP contribution in [0.1, 0.15) is 5.56 Å². The molecule has 1 fully saturated rings. The maximum absolute atomic E-state index is 5.73. The lowest BCUT2D eigenvalue weighted by Crippen LogP contribution is -2.46. The Morgan fingerprint density at radius 3 is 2.19 bits per heavy atom. The molecule has 0 saturated carbocycles. The van der Waals surface area contributed by atoms with Crippen molar-refractivity contribution in [3.63, 3.8) is 0 Å². The third kappa shape index (κ3) is 2.92. The molecule has 2 N–H and O–H groups in total. The molecule has 0 unspecified atom stereocenters. The predicted molar refractivity (Wildman–Crippen MR) is 87.5 cm³/mol. The van der Waals surface area contributed by atoms with E-state index in [1.54, 1.807) is 6.20 Å². The zero-order valence-corrected chi connectivity index (χ0v) is 11.9. The summed E-state index contributed by atoms with van der Waals surface area (Å²) < 4.78 is 0. The van der Waals surface area contributed by atoms with E-state index >= 15 is 0 Å². The number of hydrogen-bond donors (Lipinski definition) is 1. The Labute approximate surface area is 125 Å². The van der Waals surface area contributed by atoms with Crippen LogP contribution in [0.25, 0.3) is 0 Å². The first-order chi connectivity index (χ1) is 10.3. The second-order valence-corrected chi connectivity index (χ2v) is 5.12. The van der Waals surface area contributed by atoms with E-state index in [-0.39, 0.29) is 0 Å². The fraction of sp³-hybridized carbons (Fsp3) is 0.235. The average molecular weight is 278 g/mol. The Balaban J connectivity index is 1.64. The van der Waals surface area contributed by atoms with E-state index < -0.39 is 0 Å². The Hall–Kier alpha value is -2.67. The van der Waals surface area contributed by atoms with Crippen molar-refractivity contribution in [1.82, 2.24) is 4.98 Å². The van der Waals surface area contributed by atoms with Crippen LogP contribution in [0.4, 0.5) is 17.2 Å². The molecule has 1 aromatic carbocycles. The summed E-state index contributed by atoms with van der Waals surface area (Å²) in [6, 6.07) is 12.0. The van der Waals surface area contributed by atoms with Crippen molar-refractivity contribution < 1.29 is 0 Å². The molecule has 1 aromatic heterocycles. The van der Waals surface area contributed by atoms with Crippen molar-refractivity contribution in [3.05, 3.63) is 48.2 Å². The Kier molecular flexibility index (Phi) is 3.65. The summed E-state index contributed by atoms with van der Waals surface area (Å²) in [5.74, 6) is 3.58. The molecule has 4 nitrogen and oxygen atoms in total. The zero-order chi connectivity index (χ0) is 14.7. The number of nitrogen functional groups attached to an aromatic ring is 1. The van der Waals surface area contributed by atoms with E-state index in [2.05, 4.69) is 32.8 Å². The van der Waals surface area contributed by atoms with Crippen molar-refractivity contribution in [2.75, 3.05) is 41.7 Å². The van der Waals surface area contributed by atoms with Gasteiger partial charge in [-0.05, 0) is 36.4 Å². The largest absolute Gasteiger partial charge is 0.399 e. The predicted octanol–water partition coefficient (Wildman–Crippen LogP) is 1.97. The normalized spacial score (nSPS) is 14.8. The molecule has 0 radical (unpaired) electrons. The van der Waals surface area contributed by atoms with Gasteiger partial charge in [-0.3, -0.25) is 0 Å². The minimum Gasteiger partial charge on any atom is -0.399 e. The van der Waals surface area contributed by atoms with Gasteiger partial charge in [-0.1, -0.05) is 5.92 Å². The van der Waals surface area contributed by atoms with Crippen molar-refractivity contribution in [2.45, 2.75) is 0 Å². The number of pyridine rings is 1. The molecule has 21 heavy (non-hydrogen) atoms. The van der Waals surface area contributed by atoms with Crippen LogP contribution in [0.2, 0.25) is 0 Å². The monoisotopic (exact) mass is 278 g/mol. The van der Waals surface area contributed by atoms with Gasteiger partial charge in [0.2, 0.25) is 0 Å². The summed E-state index contributed by atoms with van der Waals surface area (Å²) in [5.41, 5.74) is 8.57. The molecule has 3 rings (SSSR count). The molecule has 0 atom stereocenters. The third-order valence-corrected chi connectivity index (χ3v) is 3.78. The Morgan fingerprint density at radius 2 is 1.62 bits per heavy atom. The maximum Gasteiger partial charge on any atom is 0.128 e. The molecule has 1 aliphatic rings. The molecule has 1 aliphatic heterocycles. The number of nitrogens with zero attached hydrogens (tertiary/aromatic N) is 3.